The van der Waals surface area contributed by atoms with Crippen molar-refractivity contribution in [1.82, 2.24) is 0 Å². The summed E-state index contributed by atoms with van der Waals surface area (Å²) in [5.41, 5.74) is 3.26. The van der Waals surface area contributed by atoms with Gasteiger partial charge in [-0.3, -0.25) is 14.5 Å². The third-order valence-corrected chi connectivity index (χ3v) is 6.90. The molecule has 1 aliphatic heterocycles. The predicted octanol–water partition coefficient (Wildman–Crippen LogP) is 6.08. The molecule has 0 bridgehead atoms. The van der Waals surface area contributed by atoms with Crippen LogP contribution in [0.5, 0.6) is 11.5 Å². The SMILES string of the molecule is CCOc1cccc(N2C(=O)C(=O)/C(=C(/O)c3cc(C(C)(C)C)ccc3OC)C2c2ccc(N(C)C)cc2)c1. The predicted molar refractivity (Wildman–Crippen MR) is 155 cm³/mol. The summed E-state index contributed by atoms with van der Waals surface area (Å²) in [5.74, 6) is -0.775. The molecule has 3 aromatic carbocycles. The fourth-order valence-electron chi connectivity index (χ4n) is 4.76. The number of nitrogens with zero attached hydrogens (tertiary/aromatic N) is 2. The lowest BCUT2D eigenvalue weighted by atomic mass is 9.85. The summed E-state index contributed by atoms with van der Waals surface area (Å²) in [7, 11) is 5.39. The van der Waals surface area contributed by atoms with Gasteiger partial charge in [-0.2, -0.15) is 0 Å². The Morgan fingerprint density at radius 3 is 2.28 bits per heavy atom. The van der Waals surface area contributed by atoms with Crippen LogP contribution in [0.4, 0.5) is 11.4 Å². The highest BCUT2D eigenvalue weighted by Crippen LogP contribution is 2.44. The molecule has 0 aromatic heterocycles. The number of Topliss-reactive ketones (excluding diaryl/α,β-unsaturated/α-hetero) is 1. The number of hydrogen-bond donors (Lipinski definition) is 1. The summed E-state index contributed by atoms with van der Waals surface area (Å²) in [4.78, 5) is 30.7. The lowest BCUT2D eigenvalue weighted by molar-refractivity contribution is -0.132. The number of rotatable bonds is 7. The Morgan fingerprint density at radius 1 is 1.00 bits per heavy atom. The molecule has 4 rings (SSSR count). The molecule has 0 radical (unpaired) electrons. The number of ketones is 1. The van der Waals surface area contributed by atoms with E-state index in [2.05, 4.69) is 20.8 Å². The Balaban J connectivity index is 1.98. The van der Waals surface area contributed by atoms with Crippen LogP contribution >= 0.6 is 0 Å². The molecule has 3 aromatic rings. The van der Waals surface area contributed by atoms with Crippen LogP contribution in [-0.4, -0.2) is 44.6 Å². The third kappa shape index (κ3) is 5.35. The third-order valence-electron chi connectivity index (χ3n) is 6.90. The first-order chi connectivity index (χ1) is 18.5. The smallest absolute Gasteiger partial charge is 0.300 e. The molecule has 1 saturated heterocycles. The van der Waals surface area contributed by atoms with Gasteiger partial charge in [0.15, 0.2) is 0 Å². The van der Waals surface area contributed by atoms with E-state index in [1.807, 2.05) is 62.3 Å². The summed E-state index contributed by atoms with van der Waals surface area (Å²) < 4.78 is 11.2. The molecule has 7 heteroatoms. The van der Waals surface area contributed by atoms with Gasteiger partial charge in [0.05, 0.1) is 30.9 Å². The van der Waals surface area contributed by atoms with Crippen LogP contribution in [0.3, 0.4) is 0 Å². The second-order valence-corrected chi connectivity index (χ2v) is 10.8. The molecule has 0 spiro atoms. The lowest BCUT2D eigenvalue weighted by Crippen LogP contribution is -2.29. The molecular weight excluding hydrogens is 492 g/mol. The van der Waals surface area contributed by atoms with Crippen molar-refractivity contribution in [3.8, 4) is 11.5 Å². The van der Waals surface area contributed by atoms with Gasteiger partial charge in [-0.1, -0.05) is 45.0 Å². The van der Waals surface area contributed by atoms with E-state index in [-0.39, 0.29) is 16.7 Å². The van der Waals surface area contributed by atoms with E-state index in [9.17, 15) is 14.7 Å². The van der Waals surface area contributed by atoms with Gasteiger partial charge >= 0.3 is 0 Å². The number of anilines is 2. The standard InChI is InChI=1S/C32H36N2O5/c1-8-39-24-11-9-10-23(19-24)34-28(20-12-15-22(16-13-20)33(5)6)27(30(36)31(34)37)29(35)25-18-21(32(2,3)4)14-17-26(25)38-7/h9-19,28,35H,8H2,1-7H3/b29-27+. The van der Waals surface area contributed by atoms with Gasteiger partial charge in [-0.05, 0) is 59.9 Å². The van der Waals surface area contributed by atoms with Crippen molar-refractivity contribution < 1.29 is 24.2 Å². The number of amides is 1. The average molecular weight is 529 g/mol. The molecule has 0 aliphatic carbocycles. The van der Waals surface area contributed by atoms with E-state index < -0.39 is 17.7 Å². The molecule has 1 amide bonds. The highest BCUT2D eigenvalue weighted by Gasteiger charge is 2.47. The summed E-state index contributed by atoms with van der Waals surface area (Å²) in [6, 6.07) is 19.3. The van der Waals surface area contributed by atoms with Gasteiger partial charge in [0, 0.05) is 31.5 Å². The molecule has 7 nitrogen and oxygen atoms in total. The number of aliphatic hydroxyl groups excluding tert-OH is 1. The van der Waals surface area contributed by atoms with Crippen LogP contribution in [0.1, 0.15) is 50.4 Å². The number of carbonyl (C=O) groups is 2. The number of benzene rings is 3. The van der Waals surface area contributed by atoms with Crippen molar-refractivity contribution >= 4 is 28.8 Å². The van der Waals surface area contributed by atoms with Gasteiger partial charge in [0.25, 0.3) is 11.7 Å². The molecule has 1 N–H and O–H groups in total. The fraction of sp³-hybridized carbons (Fsp3) is 0.312. The largest absolute Gasteiger partial charge is 0.507 e. The Labute approximate surface area is 230 Å². The molecule has 1 atom stereocenters. The molecule has 1 heterocycles. The minimum Gasteiger partial charge on any atom is -0.507 e. The zero-order valence-corrected chi connectivity index (χ0v) is 23.6. The Kier molecular flexibility index (Phi) is 7.72. The number of ether oxygens (including phenoxy) is 2. The van der Waals surface area contributed by atoms with E-state index in [0.29, 0.717) is 34.9 Å². The maximum atomic E-state index is 13.7. The molecule has 204 valence electrons. The molecule has 1 unspecified atom stereocenters. The number of aliphatic hydroxyl groups is 1. The lowest BCUT2D eigenvalue weighted by Gasteiger charge is -2.26. The zero-order chi connectivity index (χ0) is 28.5. The highest BCUT2D eigenvalue weighted by molar-refractivity contribution is 6.51. The molecule has 1 aliphatic rings. The van der Waals surface area contributed by atoms with E-state index >= 15 is 0 Å². The average Bonchev–Trinajstić information content (AvgIpc) is 3.17. The van der Waals surface area contributed by atoms with Crippen LogP contribution in [0.25, 0.3) is 5.76 Å². The normalized spacial score (nSPS) is 16.9. The minimum atomic E-state index is -0.860. The fourth-order valence-corrected chi connectivity index (χ4v) is 4.76. The summed E-state index contributed by atoms with van der Waals surface area (Å²) in [6.45, 7) is 8.53. The molecular formula is C32H36N2O5. The van der Waals surface area contributed by atoms with E-state index in [1.54, 1.807) is 30.3 Å². The summed E-state index contributed by atoms with van der Waals surface area (Å²) >= 11 is 0. The number of carbonyl (C=O) groups excluding carboxylic acids is 2. The Hall–Kier alpha value is -4.26. The summed E-state index contributed by atoms with van der Waals surface area (Å²) in [5, 5.41) is 11.8. The monoisotopic (exact) mass is 528 g/mol. The van der Waals surface area contributed by atoms with Crippen molar-refractivity contribution in [1.29, 1.82) is 0 Å². The van der Waals surface area contributed by atoms with E-state index in [0.717, 1.165) is 11.3 Å². The van der Waals surface area contributed by atoms with Crippen LogP contribution in [0.2, 0.25) is 0 Å². The first-order valence-corrected chi connectivity index (χ1v) is 13.0. The second kappa shape index (κ2) is 10.8. The van der Waals surface area contributed by atoms with Crippen LogP contribution in [0.15, 0.2) is 72.3 Å². The van der Waals surface area contributed by atoms with E-state index in [4.69, 9.17) is 9.47 Å². The zero-order valence-electron chi connectivity index (χ0n) is 23.6. The maximum Gasteiger partial charge on any atom is 0.300 e. The van der Waals surface area contributed by atoms with Crippen LogP contribution in [0, 0.1) is 0 Å². The van der Waals surface area contributed by atoms with Gasteiger partial charge in [0.2, 0.25) is 0 Å². The number of hydrogen-bond acceptors (Lipinski definition) is 6. The quantitative estimate of drug-likeness (QED) is 0.227. The van der Waals surface area contributed by atoms with Crippen molar-refractivity contribution in [2.24, 2.45) is 0 Å². The molecule has 39 heavy (non-hydrogen) atoms. The highest BCUT2D eigenvalue weighted by atomic mass is 16.5. The Morgan fingerprint density at radius 2 is 1.69 bits per heavy atom. The Bertz CT molecular complexity index is 1420. The van der Waals surface area contributed by atoms with Crippen molar-refractivity contribution in [3.05, 3.63) is 89.0 Å². The van der Waals surface area contributed by atoms with Crippen molar-refractivity contribution in [2.75, 3.05) is 37.6 Å². The molecule has 0 saturated carbocycles. The summed E-state index contributed by atoms with van der Waals surface area (Å²) in [6.07, 6.45) is 0. The van der Waals surface area contributed by atoms with Gasteiger partial charge < -0.3 is 19.5 Å². The van der Waals surface area contributed by atoms with Crippen LogP contribution in [-0.2, 0) is 15.0 Å². The topological polar surface area (TPSA) is 79.3 Å². The first-order valence-electron chi connectivity index (χ1n) is 13.0. The first kappa shape index (κ1) is 27.8. The molecule has 1 fully saturated rings. The van der Waals surface area contributed by atoms with Gasteiger partial charge in [-0.15, -0.1) is 0 Å². The van der Waals surface area contributed by atoms with Crippen LogP contribution < -0.4 is 19.3 Å². The minimum absolute atomic E-state index is 0.00350. The van der Waals surface area contributed by atoms with Gasteiger partial charge in [-0.25, -0.2) is 0 Å². The number of methoxy groups -OCH3 is 1. The van der Waals surface area contributed by atoms with Crippen molar-refractivity contribution in [3.63, 3.8) is 0 Å². The van der Waals surface area contributed by atoms with E-state index in [1.165, 1.54) is 12.0 Å². The maximum absolute atomic E-state index is 13.7. The van der Waals surface area contributed by atoms with Gasteiger partial charge in [0.1, 0.15) is 17.3 Å². The van der Waals surface area contributed by atoms with Crippen molar-refractivity contribution in [2.45, 2.75) is 39.2 Å². The second-order valence-electron chi connectivity index (χ2n) is 10.8.